The number of nitrogen functional groups attached to an aromatic ring is 1. The highest BCUT2D eigenvalue weighted by molar-refractivity contribution is 7.99. The average molecular weight is 288 g/mol. The number of H-pyrrole nitrogens is 1. The number of hydrogen-bond acceptors (Lipinski definition) is 6. The number of benzene rings is 1. The molecule has 102 valence electrons. The Morgan fingerprint density at radius 3 is 3.00 bits per heavy atom. The van der Waals surface area contributed by atoms with Crippen LogP contribution in [-0.4, -0.2) is 15.0 Å². The Bertz CT molecular complexity index is 825. The molecule has 0 atom stereocenters. The second-order valence-corrected chi connectivity index (χ2v) is 5.16. The third-order valence-electron chi connectivity index (χ3n) is 2.69. The molecule has 0 radical (unpaired) electrons. The summed E-state index contributed by atoms with van der Waals surface area (Å²) in [5.41, 5.74) is 7.49. The fourth-order valence-corrected chi connectivity index (χ4v) is 2.54. The lowest BCUT2D eigenvalue weighted by molar-refractivity contribution is 0.489. The fourth-order valence-electron chi connectivity index (χ4n) is 1.76. The number of aromatic nitrogens is 3. The lowest BCUT2D eigenvalue weighted by Crippen LogP contribution is -2.09. The first kappa shape index (κ1) is 12.7. The normalized spacial score (nSPS) is 11.1. The number of nitrogens with two attached hydrogens (primary N) is 1. The highest BCUT2D eigenvalue weighted by atomic mass is 32.2. The summed E-state index contributed by atoms with van der Waals surface area (Å²) in [6, 6.07) is 6.69. The molecule has 3 N–H and O–H groups in total. The standard InChI is InChI=1S/C13H12N4O2S/c1-2-10-16-11(18)6-12(17-10)20-13-15-8-5-7(14)3-4-9(8)19-13/h3-6H,2,14H2,1H3,(H,16,17,18). The molecule has 2 aromatic heterocycles. The van der Waals surface area contributed by atoms with Gasteiger partial charge in [0.25, 0.3) is 10.8 Å². The summed E-state index contributed by atoms with van der Waals surface area (Å²) in [4.78, 5) is 22.8. The molecule has 0 aliphatic rings. The van der Waals surface area contributed by atoms with Crippen molar-refractivity contribution in [2.45, 2.75) is 23.6 Å². The minimum atomic E-state index is -0.181. The Balaban J connectivity index is 1.96. The molecule has 6 nitrogen and oxygen atoms in total. The van der Waals surface area contributed by atoms with Gasteiger partial charge in [0.1, 0.15) is 16.4 Å². The molecule has 0 aliphatic heterocycles. The van der Waals surface area contributed by atoms with Crippen molar-refractivity contribution in [3.63, 3.8) is 0 Å². The first-order chi connectivity index (χ1) is 9.64. The number of aromatic amines is 1. The van der Waals surface area contributed by atoms with E-state index in [9.17, 15) is 4.79 Å². The number of fused-ring (bicyclic) bond motifs is 1. The summed E-state index contributed by atoms with van der Waals surface area (Å²) in [5.74, 6) is 0.639. The molecular formula is C13H12N4O2S. The van der Waals surface area contributed by atoms with Gasteiger partial charge in [-0.15, -0.1) is 0 Å². The number of rotatable bonds is 3. The van der Waals surface area contributed by atoms with E-state index < -0.39 is 0 Å². The Kier molecular flexibility index (Phi) is 3.19. The summed E-state index contributed by atoms with van der Waals surface area (Å²) < 4.78 is 5.58. The monoisotopic (exact) mass is 288 g/mol. The fraction of sp³-hybridized carbons (Fsp3) is 0.154. The zero-order valence-electron chi connectivity index (χ0n) is 10.7. The van der Waals surface area contributed by atoms with Crippen LogP contribution in [0.4, 0.5) is 5.69 Å². The van der Waals surface area contributed by atoms with Gasteiger partial charge < -0.3 is 15.1 Å². The Morgan fingerprint density at radius 1 is 1.35 bits per heavy atom. The van der Waals surface area contributed by atoms with E-state index in [1.807, 2.05) is 6.92 Å². The summed E-state index contributed by atoms with van der Waals surface area (Å²) in [6.45, 7) is 1.93. The third-order valence-corrected chi connectivity index (χ3v) is 3.45. The summed E-state index contributed by atoms with van der Waals surface area (Å²) in [6.07, 6.45) is 0.660. The maximum Gasteiger partial charge on any atom is 0.263 e. The molecular weight excluding hydrogens is 276 g/mol. The number of aryl methyl sites for hydroxylation is 1. The second-order valence-electron chi connectivity index (χ2n) is 4.19. The molecule has 0 saturated heterocycles. The molecule has 2 heterocycles. The quantitative estimate of drug-likeness (QED) is 0.566. The van der Waals surface area contributed by atoms with Crippen LogP contribution in [0.3, 0.4) is 0 Å². The number of nitrogens with zero attached hydrogens (tertiary/aromatic N) is 2. The van der Waals surface area contributed by atoms with Crippen LogP contribution in [0.2, 0.25) is 0 Å². The molecule has 0 saturated carbocycles. The van der Waals surface area contributed by atoms with E-state index in [-0.39, 0.29) is 5.56 Å². The first-order valence-electron chi connectivity index (χ1n) is 6.08. The lowest BCUT2D eigenvalue weighted by atomic mass is 10.3. The van der Waals surface area contributed by atoms with Gasteiger partial charge in [0.15, 0.2) is 5.58 Å². The summed E-state index contributed by atoms with van der Waals surface area (Å²) in [5, 5.41) is 0.996. The van der Waals surface area contributed by atoms with Crippen molar-refractivity contribution in [1.29, 1.82) is 0 Å². The SMILES string of the molecule is CCc1nc(Sc2nc3cc(N)ccc3o2)cc(=O)[nH]1. The molecule has 3 aromatic rings. The summed E-state index contributed by atoms with van der Waals surface area (Å²) in [7, 11) is 0. The van der Waals surface area contributed by atoms with E-state index in [1.54, 1.807) is 18.2 Å². The van der Waals surface area contributed by atoms with Crippen molar-refractivity contribution in [1.82, 2.24) is 15.0 Å². The lowest BCUT2D eigenvalue weighted by Gasteiger charge is -1.98. The molecule has 0 bridgehead atoms. The molecule has 3 rings (SSSR count). The van der Waals surface area contributed by atoms with Crippen molar-refractivity contribution in [3.8, 4) is 0 Å². The largest absolute Gasteiger partial charge is 0.431 e. The van der Waals surface area contributed by atoms with E-state index in [0.29, 0.717) is 39.3 Å². The van der Waals surface area contributed by atoms with E-state index in [0.717, 1.165) is 0 Å². The molecule has 0 amide bonds. The van der Waals surface area contributed by atoms with Gasteiger partial charge in [0, 0.05) is 18.2 Å². The van der Waals surface area contributed by atoms with Crippen molar-refractivity contribution < 1.29 is 4.42 Å². The van der Waals surface area contributed by atoms with E-state index >= 15 is 0 Å². The number of anilines is 1. The zero-order valence-corrected chi connectivity index (χ0v) is 11.5. The van der Waals surface area contributed by atoms with E-state index in [2.05, 4.69) is 15.0 Å². The maximum absolute atomic E-state index is 11.5. The highest BCUT2D eigenvalue weighted by Gasteiger charge is 2.10. The van der Waals surface area contributed by atoms with Crippen LogP contribution >= 0.6 is 11.8 Å². The Labute approximate surface area is 118 Å². The number of hydrogen-bond donors (Lipinski definition) is 2. The van der Waals surface area contributed by atoms with Crippen LogP contribution in [0, 0.1) is 0 Å². The van der Waals surface area contributed by atoms with Crippen molar-refractivity contribution in [3.05, 3.63) is 40.4 Å². The highest BCUT2D eigenvalue weighted by Crippen LogP contribution is 2.28. The van der Waals surface area contributed by atoms with Crippen LogP contribution in [0.5, 0.6) is 0 Å². The predicted molar refractivity (Wildman–Crippen MR) is 76.8 cm³/mol. The van der Waals surface area contributed by atoms with Crippen molar-refractivity contribution in [2.75, 3.05) is 5.73 Å². The van der Waals surface area contributed by atoms with E-state index in [1.165, 1.54) is 17.8 Å². The van der Waals surface area contributed by atoms with Gasteiger partial charge in [0.05, 0.1) is 0 Å². The topological polar surface area (TPSA) is 97.8 Å². The summed E-state index contributed by atoms with van der Waals surface area (Å²) >= 11 is 1.21. The van der Waals surface area contributed by atoms with Crippen LogP contribution in [0.25, 0.3) is 11.1 Å². The Morgan fingerprint density at radius 2 is 2.20 bits per heavy atom. The molecule has 0 fully saturated rings. The predicted octanol–water partition coefficient (Wildman–Crippen LogP) is 2.21. The van der Waals surface area contributed by atoms with Gasteiger partial charge in [-0.3, -0.25) is 4.79 Å². The first-order valence-corrected chi connectivity index (χ1v) is 6.90. The minimum absolute atomic E-state index is 0.181. The van der Waals surface area contributed by atoms with Crippen LogP contribution in [0.15, 0.2) is 43.7 Å². The molecule has 1 aromatic carbocycles. The maximum atomic E-state index is 11.5. The van der Waals surface area contributed by atoms with Crippen molar-refractivity contribution in [2.24, 2.45) is 0 Å². The number of nitrogens with one attached hydrogen (secondary N) is 1. The number of oxazole rings is 1. The second kappa shape index (κ2) is 5.01. The molecule has 0 aliphatic carbocycles. The van der Waals surface area contributed by atoms with Gasteiger partial charge in [-0.25, -0.2) is 9.97 Å². The zero-order chi connectivity index (χ0) is 14.1. The smallest absolute Gasteiger partial charge is 0.263 e. The minimum Gasteiger partial charge on any atom is -0.431 e. The van der Waals surface area contributed by atoms with Gasteiger partial charge in [0.2, 0.25) is 0 Å². The van der Waals surface area contributed by atoms with Crippen LogP contribution in [0.1, 0.15) is 12.7 Å². The van der Waals surface area contributed by atoms with Crippen LogP contribution < -0.4 is 11.3 Å². The van der Waals surface area contributed by atoms with Gasteiger partial charge in [-0.05, 0) is 30.0 Å². The van der Waals surface area contributed by atoms with Gasteiger partial charge in [-0.2, -0.15) is 0 Å². The molecule has 20 heavy (non-hydrogen) atoms. The molecule has 7 heteroatoms. The average Bonchev–Trinajstić information content (AvgIpc) is 2.79. The van der Waals surface area contributed by atoms with E-state index in [4.69, 9.17) is 10.2 Å². The van der Waals surface area contributed by atoms with Gasteiger partial charge in [-0.1, -0.05) is 6.92 Å². The van der Waals surface area contributed by atoms with Crippen LogP contribution in [-0.2, 0) is 6.42 Å². The molecule has 0 spiro atoms. The Hall–Kier alpha value is -2.28. The van der Waals surface area contributed by atoms with Crippen molar-refractivity contribution >= 4 is 28.5 Å². The third kappa shape index (κ3) is 2.53. The molecule has 0 unspecified atom stereocenters. The van der Waals surface area contributed by atoms with Gasteiger partial charge >= 0.3 is 0 Å².